The first-order chi connectivity index (χ1) is 19.9. The van der Waals surface area contributed by atoms with Gasteiger partial charge in [-0.3, -0.25) is 4.57 Å². The molecule has 1 aliphatic carbocycles. The van der Waals surface area contributed by atoms with Gasteiger partial charge in [0.05, 0.1) is 25.1 Å². The number of rotatable bonds is 4. The SMILES string of the molecule is OC[C@H]1O[C@@H]([15n]2c[15n]c3c([15NH][C@@H]4c5cc6ccc7cccc8ccc(c5[C@H](O)[C@@H](O)[C@H]4O)c6c78)[15n]c[15n]c32)C[C@@H]1O. The normalized spacial score (nSPS) is 28.3. The van der Waals surface area contributed by atoms with Crippen LogP contribution in [-0.2, 0) is 4.74 Å². The first-order valence-corrected chi connectivity index (χ1v) is 13.6. The maximum atomic E-state index is 11.2. The molecular formula is C30H27N5O6. The Balaban J connectivity index is 1.26. The molecule has 3 heterocycles. The van der Waals surface area contributed by atoms with Crippen molar-refractivity contribution in [3.8, 4) is 0 Å². The Kier molecular flexibility index (Phi) is 5.45. The number of benzene rings is 4. The first kappa shape index (κ1) is 24.8. The van der Waals surface area contributed by atoms with E-state index in [2.05, 4.69) is 38.5 Å². The van der Waals surface area contributed by atoms with Crippen molar-refractivity contribution in [2.24, 2.45) is 0 Å². The molecule has 1 fully saturated rings. The summed E-state index contributed by atoms with van der Waals surface area (Å²) in [6.45, 7) is -0.303. The largest absolute Gasteiger partial charge is 0.394 e. The highest BCUT2D eigenvalue weighted by Crippen LogP contribution is 2.46. The maximum absolute atomic E-state index is 11.2. The smallest absolute Gasteiger partial charge is 0.167 e. The lowest BCUT2D eigenvalue weighted by atomic mass is 9.78. The van der Waals surface area contributed by atoms with E-state index in [1.807, 2.05) is 30.3 Å². The van der Waals surface area contributed by atoms with Gasteiger partial charge in [-0.05, 0) is 49.5 Å². The minimum absolute atomic E-state index is 0.266. The van der Waals surface area contributed by atoms with Crippen LogP contribution in [0.4, 0.5) is 5.82 Å². The molecule has 0 unspecified atom stereocenters. The Hall–Kier alpha value is -3.97. The van der Waals surface area contributed by atoms with Gasteiger partial charge in [-0.25, -0.2) is 15.0 Å². The summed E-state index contributed by atoms with van der Waals surface area (Å²) in [5, 5.41) is 62.5. The molecule has 0 saturated carbocycles. The lowest BCUT2D eigenvalue weighted by molar-refractivity contribution is -0.0763. The summed E-state index contributed by atoms with van der Waals surface area (Å²) < 4.78 is 7.47. The number of aliphatic hydroxyl groups excluding tert-OH is 5. The Morgan fingerprint density at radius 3 is 2.46 bits per heavy atom. The number of nitrogens with zero attached hydrogens (tertiary/aromatic N) is 4. The van der Waals surface area contributed by atoms with E-state index in [-0.39, 0.29) is 13.0 Å². The van der Waals surface area contributed by atoms with Gasteiger partial charge < -0.3 is 35.6 Å². The van der Waals surface area contributed by atoms with Gasteiger partial charge in [0.2, 0.25) is 0 Å². The molecule has 1 aliphatic heterocycles. The molecular weight excluding hydrogens is 531 g/mol. The molecule has 11 nitrogen and oxygen atoms in total. The minimum atomic E-state index is -1.45. The summed E-state index contributed by atoms with van der Waals surface area (Å²) in [6.07, 6.45) is -3.01. The predicted octanol–water partition coefficient (Wildman–Crippen LogP) is 2.29. The van der Waals surface area contributed by atoms with E-state index in [0.717, 1.165) is 32.3 Å². The average molecular weight is 559 g/mol. The molecule has 41 heavy (non-hydrogen) atoms. The standard InChI is InChI=1S/C30H27N5O6/c36-10-19-18(37)9-20(41-19)35-12-33-25-29(31-11-32-30(25)35)34-24-17-8-15-5-4-13-2-1-3-14-6-7-16(22(15)21(13)14)23(17)26(38)28(40)27(24)39/h1-8,11-12,18-20,24,26-28,36-40H,9-10H2,(H,31,32,34)/t18-,19+,20+,24+,26-,27-,28+/m0/s1/i31+1,32+1,33+1,34+1,35+1. The fourth-order valence-corrected chi connectivity index (χ4v) is 6.71. The van der Waals surface area contributed by atoms with Crippen molar-refractivity contribution in [3.05, 3.63) is 72.3 Å². The molecule has 0 bridgehead atoms. The van der Waals surface area contributed by atoms with Crippen LogP contribution in [0.5, 0.6) is 0 Å². The number of aliphatic hydroxyl groups is 5. The summed E-state index contributed by atoms with van der Waals surface area (Å²) in [4.78, 5) is 13.3. The topological polar surface area (TPSA) is 166 Å². The van der Waals surface area contributed by atoms with Crippen LogP contribution in [0.1, 0.15) is 35.9 Å². The van der Waals surface area contributed by atoms with E-state index in [1.54, 1.807) is 4.57 Å². The van der Waals surface area contributed by atoms with Crippen molar-refractivity contribution in [1.82, 2.24) is 19.5 Å². The zero-order valence-corrected chi connectivity index (χ0v) is 21.7. The Morgan fingerprint density at radius 2 is 1.68 bits per heavy atom. The third-order valence-corrected chi connectivity index (χ3v) is 8.71. The Labute approximate surface area is 232 Å². The molecule has 2 aliphatic rings. The van der Waals surface area contributed by atoms with Crippen molar-refractivity contribution in [1.29, 1.82) is 0 Å². The van der Waals surface area contributed by atoms with E-state index in [0.29, 0.717) is 28.1 Å². The minimum Gasteiger partial charge on any atom is -0.394 e. The lowest BCUT2D eigenvalue weighted by Crippen LogP contribution is -2.44. The van der Waals surface area contributed by atoms with Crippen molar-refractivity contribution in [2.75, 3.05) is 11.9 Å². The molecule has 0 spiro atoms. The maximum Gasteiger partial charge on any atom is 0.167 e. The molecule has 2 aromatic heterocycles. The molecule has 208 valence electrons. The highest BCUT2D eigenvalue weighted by Gasteiger charge is 2.42. The van der Waals surface area contributed by atoms with Gasteiger partial charge in [-0.15, -0.1) is 0 Å². The summed E-state index contributed by atoms with van der Waals surface area (Å²) in [7, 11) is 0. The van der Waals surface area contributed by atoms with Crippen LogP contribution < -0.4 is 5.32 Å². The van der Waals surface area contributed by atoms with Gasteiger partial charge in [0.15, 0.2) is 17.0 Å². The predicted molar refractivity (Wildman–Crippen MR) is 150 cm³/mol. The van der Waals surface area contributed by atoms with Crippen LogP contribution in [0.25, 0.3) is 43.5 Å². The molecule has 6 aromatic rings. The van der Waals surface area contributed by atoms with Gasteiger partial charge in [0.25, 0.3) is 0 Å². The van der Waals surface area contributed by atoms with Crippen molar-refractivity contribution in [2.45, 2.75) is 49.2 Å². The molecule has 0 radical (unpaired) electrons. The Morgan fingerprint density at radius 1 is 0.902 bits per heavy atom. The number of hydrogen-bond acceptors (Lipinski definition) is 10. The molecule has 1 saturated heterocycles. The van der Waals surface area contributed by atoms with Crippen LogP contribution in [0.15, 0.2) is 61.2 Å². The van der Waals surface area contributed by atoms with E-state index in [1.165, 1.54) is 12.7 Å². The van der Waals surface area contributed by atoms with Crippen molar-refractivity contribution >= 4 is 49.3 Å². The number of nitrogens with one attached hydrogen (secondary N) is 1. The molecule has 6 N–H and O–H groups in total. The van der Waals surface area contributed by atoms with E-state index < -0.39 is 42.8 Å². The second kappa shape index (κ2) is 9.02. The van der Waals surface area contributed by atoms with E-state index >= 15 is 0 Å². The third-order valence-electron chi connectivity index (χ3n) is 8.71. The fraction of sp³-hybridized carbons (Fsp3) is 0.300. The van der Waals surface area contributed by atoms with Gasteiger partial charge in [0.1, 0.15) is 37.0 Å². The number of anilines is 1. The summed E-state index contributed by atoms with van der Waals surface area (Å²) >= 11 is 0. The lowest BCUT2D eigenvalue weighted by Gasteiger charge is -2.38. The third kappa shape index (κ3) is 3.51. The molecule has 7 atom stereocenters. The second-order valence-electron chi connectivity index (χ2n) is 10.9. The number of hydrogen-bond donors (Lipinski definition) is 6. The quantitative estimate of drug-likeness (QED) is 0.140. The number of aromatic nitrogens is 4. The number of fused-ring (bicyclic) bond motifs is 3. The molecule has 8 rings (SSSR count). The summed E-state index contributed by atoms with van der Waals surface area (Å²) in [6, 6.07) is 15.3. The van der Waals surface area contributed by atoms with Gasteiger partial charge in [0, 0.05) is 6.42 Å². The van der Waals surface area contributed by atoms with Crippen molar-refractivity contribution < 1.29 is 30.3 Å². The first-order valence-electron chi connectivity index (χ1n) is 13.6. The zero-order valence-electron chi connectivity index (χ0n) is 21.7. The zero-order chi connectivity index (χ0) is 28.0. The highest BCUT2D eigenvalue weighted by molar-refractivity contribution is 6.24. The summed E-state index contributed by atoms with van der Waals surface area (Å²) in [5.74, 6) is 0.328. The number of imidazole rings is 1. The van der Waals surface area contributed by atoms with Crippen LogP contribution in [0.2, 0.25) is 0 Å². The summed E-state index contributed by atoms with van der Waals surface area (Å²) in [5.41, 5.74) is 2.07. The molecule has 4 aromatic carbocycles. The van der Waals surface area contributed by atoms with Crippen molar-refractivity contribution in [3.63, 3.8) is 0 Å². The van der Waals surface area contributed by atoms with Crippen LogP contribution >= 0.6 is 0 Å². The monoisotopic (exact) mass is 558 g/mol. The van der Waals surface area contributed by atoms with Crippen LogP contribution in [0, 0.1) is 0 Å². The van der Waals surface area contributed by atoms with Gasteiger partial charge >= 0.3 is 0 Å². The fourth-order valence-electron chi connectivity index (χ4n) is 6.71. The Bertz CT molecular complexity index is 1930. The molecule has 11 heteroatoms. The van der Waals surface area contributed by atoms with Gasteiger partial charge in [-0.1, -0.05) is 42.5 Å². The van der Waals surface area contributed by atoms with Crippen LogP contribution in [0.3, 0.4) is 0 Å². The second-order valence-corrected chi connectivity index (χ2v) is 10.9. The highest BCUT2D eigenvalue weighted by atomic mass is 16.6. The van der Waals surface area contributed by atoms with E-state index in [4.69, 9.17) is 4.74 Å². The van der Waals surface area contributed by atoms with E-state index in [9.17, 15) is 25.5 Å². The van der Waals surface area contributed by atoms with Crippen LogP contribution in [-0.4, -0.2) is 76.1 Å². The average Bonchev–Trinajstić information content (AvgIpc) is 3.60. The number of ether oxygens (including phenoxy) is 1. The molecule has 0 amide bonds. The van der Waals surface area contributed by atoms with Gasteiger partial charge in [-0.2, -0.15) is 0 Å².